The number of halogens is 1. The summed E-state index contributed by atoms with van der Waals surface area (Å²) in [6.45, 7) is 0. The number of hydrazine groups is 1. The lowest BCUT2D eigenvalue weighted by Gasteiger charge is -2.16. The van der Waals surface area contributed by atoms with Crippen LogP contribution >= 0.6 is 15.9 Å². The third-order valence-electron chi connectivity index (χ3n) is 2.48. The predicted octanol–water partition coefficient (Wildman–Crippen LogP) is 3.00. The summed E-state index contributed by atoms with van der Waals surface area (Å²) in [5.41, 5.74) is 5.14. The Kier molecular flexibility index (Phi) is 3.72. The first kappa shape index (κ1) is 11.3. The van der Waals surface area contributed by atoms with E-state index >= 15 is 0 Å². The van der Waals surface area contributed by atoms with Crippen LogP contribution in [-0.2, 0) is 0 Å². The Morgan fingerprint density at radius 2 is 1.62 bits per heavy atom. The lowest BCUT2D eigenvalue weighted by atomic mass is 10.00. The molecule has 2 aromatic carbocycles. The van der Waals surface area contributed by atoms with Gasteiger partial charge in [0.25, 0.3) is 0 Å². The van der Waals surface area contributed by atoms with E-state index in [0.29, 0.717) is 0 Å². The molecule has 0 aliphatic heterocycles. The van der Waals surface area contributed by atoms with Crippen LogP contribution in [0, 0.1) is 0 Å². The standard InChI is InChI=1S/C13H13BrN2/c14-12-8-4-7-11(9-12)13(16-15)10-5-2-1-3-6-10/h1-9,13,16H,15H2. The van der Waals surface area contributed by atoms with Gasteiger partial charge in [-0.25, -0.2) is 5.43 Å². The minimum absolute atomic E-state index is 0.0266. The molecule has 0 aliphatic carbocycles. The summed E-state index contributed by atoms with van der Waals surface area (Å²) in [7, 11) is 0. The van der Waals surface area contributed by atoms with Gasteiger partial charge in [-0.15, -0.1) is 0 Å². The third-order valence-corrected chi connectivity index (χ3v) is 2.97. The molecule has 0 spiro atoms. The van der Waals surface area contributed by atoms with Gasteiger partial charge in [-0.3, -0.25) is 5.84 Å². The average molecular weight is 277 g/mol. The van der Waals surface area contributed by atoms with E-state index in [1.54, 1.807) is 0 Å². The SMILES string of the molecule is NNC(c1ccccc1)c1cccc(Br)c1. The number of rotatable bonds is 3. The summed E-state index contributed by atoms with van der Waals surface area (Å²) in [4.78, 5) is 0. The normalized spacial score (nSPS) is 12.4. The monoisotopic (exact) mass is 276 g/mol. The van der Waals surface area contributed by atoms with Crippen molar-refractivity contribution in [3.05, 3.63) is 70.2 Å². The van der Waals surface area contributed by atoms with Crippen molar-refractivity contribution in [1.82, 2.24) is 5.43 Å². The second kappa shape index (κ2) is 5.25. The van der Waals surface area contributed by atoms with E-state index in [1.807, 2.05) is 30.3 Å². The maximum absolute atomic E-state index is 5.62. The largest absolute Gasteiger partial charge is 0.271 e. The second-order valence-electron chi connectivity index (χ2n) is 3.57. The first-order chi connectivity index (χ1) is 7.81. The summed E-state index contributed by atoms with van der Waals surface area (Å²) in [6.07, 6.45) is 0. The summed E-state index contributed by atoms with van der Waals surface area (Å²) in [5, 5.41) is 0. The van der Waals surface area contributed by atoms with Gasteiger partial charge in [-0.05, 0) is 23.3 Å². The van der Waals surface area contributed by atoms with Crippen molar-refractivity contribution in [2.75, 3.05) is 0 Å². The van der Waals surface area contributed by atoms with E-state index in [0.717, 1.165) is 15.6 Å². The fourth-order valence-electron chi connectivity index (χ4n) is 1.72. The van der Waals surface area contributed by atoms with Crippen LogP contribution in [0.2, 0.25) is 0 Å². The molecule has 0 bridgehead atoms. The molecule has 0 heterocycles. The highest BCUT2D eigenvalue weighted by Gasteiger charge is 2.11. The smallest absolute Gasteiger partial charge is 0.0710 e. The molecule has 82 valence electrons. The highest BCUT2D eigenvalue weighted by Crippen LogP contribution is 2.23. The molecule has 0 aliphatic rings. The molecule has 1 unspecified atom stereocenters. The first-order valence-electron chi connectivity index (χ1n) is 5.08. The molecule has 3 N–H and O–H groups in total. The van der Waals surface area contributed by atoms with Crippen molar-refractivity contribution >= 4 is 15.9 Å². The third kappa shape index (κ3) is 2.50. The van der Waals surface area contributed by atoms with Gasteiger partial charge in [0.2, 0.25) is 0 Å². The molecule has 0 radical (unpaired) electrons. The minimum Gasteiger partial charge on any atom is -0.271 e. The maximum Gasteiger partial charge on any atom is 0.0710 e. The fraction of sp³-hybridized carbons (Fsp3) is 0.0769. The molecular weight excluding hydrogens is 264 g/mol. The zero-order valence-corrected chi connectivity index (χ0v) is 10.3. The summed E-state index contributed by atoms with van der Waals surface area (Å²) in [5.74, 6) is 5.62. The topological polar surface area (TPSA) is 38.0 Å². The molecule has 16 heavy (non-hydrogen) atoms. The van der Waals surface area contributed by atoms with Crippen molar-refractivity contribution in [2.45, 2.75) is 6.04 Å². The molecule has 3 heteroatoms. The van der Waals surface area contributed by atoms with E-state index in [-0.39, 0.29) is 6.04 Å². The Morgan fingerprint density at radius 3 is 2.25 bits per heavy atom. The molecule has 2 aromatic rings. The van der Waals surface area contributed by atoms with Gasteiger partial charge in [0, 0.05) is 4.47 Å². The molecule has 2 rings (SSSR count). The minimum atomic E-state index is 0.0266. The zero-order chi connectivity index (χ0) is 11.4. The van der Waals surface area contributed by atoms with Crippen molar-refractivity contribution in [3.63, 3.8) is 0 Å². The lowest BCUT2D eigenvalue weighted by Crippen LogP contribution is -2.28. The Bertz CT molecular complexity index is 456. The van der Waals surface area contributed by atoms with Crippen LogP contribution in [0.3, 0.4) is 0 Å². The van der Waals surface area contributed by atoms with Crippen LogP contribution in [-0.4, -0.2) is 0 Å². The first-order valence-corrected chi connectivity index (χ1v) is 5.87. The number of nitrogens with two attached hydrogens (primary N) is 1. The van der Waals surface area contributed by atoms with Crippen LogP contribution in [0.4, 0.5) is 0 Å². The quantitative estimate of drug-likeness (QED) is 0.668. The fourth-order valence-corrected chi connectivity index (χ4v) is 2.13. The molecule has 0 aromatic heterocycles. The van der Waals surface area contributed by atoms with E-state index in [1.165, 1.54) is 0 Å². The molecular formula is C13H13BrN2. The molecule has 2 nitrogen and oxygen atoms in total. The van der Waals surface area contributed by atoms with Gasteiger partial charge in [-0.2, -0.15) is 0 Å². The van der Waals surface area contributed by atoms with Gasteiger partial charge in [0.1, 0.15) is 0 Å². The maximum atomic E-state index is 5.62. The predicted molar refractivity (Wildman–Crippen MR) is 69.8 cm³/mol. The van der Waals surface area contributed by atoms with Crippen LogP contribution < -0.4 is 11.3 Å². The van der Waals surface area contributed by atoms with Crippen molar-refractivity contribution in [1.29, 1.82) is 0 Å². The average Bonchev–Trinajstić information content (AvgIpc) is 2.31. The summed E-state index contributed by atoms with van der Waals surface area (Å²) >= 11 is 3.46. The van der Waals surface area contributed by atoms with Gasteiger partial charge >= 0.3 is 0 Å². The van der Waals surface area contributed by atoms with Crippen LogP contribution in [0.1, 0.15) is 17.2 Å². The van der Waals surface area contributed by atoms with E-state index < -0.39 is 0 Å². The van der Waals surface area contributed by atoms with Crippen molar-refractivity contribution in [2.24, 2.45) is 5.84 Å². The number of benzene rings is 2. The lowest BCUT2D eigenvalue weighted by molar-refractivity contribution is 0.636. The number of nitrogens with one attached hydrogen (secondary N) is 1. The van der Waals surface area contributed by atoms with Crippen molar-refractivity contribution < 1.29 is 0 Å². The van der Waals surface area contributed by atoms with Crippen molar-refractivity contribution in [3.8, 4) is 0 Å². The number of hydrogen-bond acceptors (Lipinski definition) is 2. The molecule has 0 fully saturated rings. The Balaban J connectivity index is 2.37. The molecule has 1 atom stereocenters. The molecule has 0 amide bonds. The van der Waals surface area contributed by atoms with E-state index in [4.69, 9.17) is 5.84 Å². The van der Waals surface area contributed by atoms with E-state index in [9.17, 15) is 0 Å². The Labute approximate surface area is 104 Å². The van der Waals surface area contributed by atoms with Crippen LogP contribution in [0.15, 0.2) is 59.1 Å². The zero-order valence-electron chi connectivity index (χ0n) is 8.73. The number of hydrogen-bond donors (Lipinski definition) is 2. The van der Waals surface area contributed by atoms with Gasteiger partial charge in [0.15, 0.2) is 0 Å². The summed E-state index contributed by atoms with van der Waals surface area (Å²) < 4.78 is 1.06. The highest BCUT2D eigenvalue weighted by atomic mass is 79.9. The Hall–Kier alpha value is -1.16. The van der Waals surface area contributed by atoms with Gasteiger partial charge in [-0.1, -0.05) is 58.4 Å². The van der Waals surface area contributed by atoms with E-state index in [2.05, 4.69) is 45.6 Å². The van der Waals surface area contributed by atoms with Gasteiger partial charge < -0.3 is 0 Å². The molecule has 0 saturated carbocycles. The van der Waals surface area contributed by atoms with Crippen LogP contribution in [0.25, 0.3) is 0 Å². The Morgan fingerprint density at radius 1 is 0.938 bits per heavy atom. The summed E-state index contributed by atoms with van der Waals surface area (Å²) in [6, 6.07) is 18.3. The van der Waals surface area contributed by atoms with Crippen LogP contribution in [0.5, 0.6) is 0 Å². The second-order valence-corrected chi connectivity index (χ2v) is 4.48. The molecule has 0 saturated heterocycles. The van der Waals surface area contributed by atoms with Gasteiger partial charge in [0.05, 0.1) is 6.04 Å². The highest BCUT2D eigenvalue weighted by molar-refractivity contribution is 9.10.